The highest BCUT2D eigenvalue weighted by atomic mass is 32.1. The number of carbonyl (C=O) groups excluding carboxylic acids is 1. The number of thiazole rings is 1. The first-order chi connectivity index (χ1) is 9.69. The summed E-state index contributed by atoms with van der Waals surface area (Å²) >= 11 is 1.07. The van der Waals surface area contributed by atoms with E-state index in [9.17, 15) is 9.59 Å². The molecule has 0 bridgehead atoms. The molecule has 1 amide bonds. The molecule has 0 fully saturated rings. The fraction of sp³-hybridized carbons (Fsp3) is 0.143. The zero-order chi connectivity index (χ0) is 14.4. The number of nitrogens with one attached hydrogen (secondary N) is 2. The van der Waals surface area contributed by atoms with Gasteiger partial charge in [0, 0.05) is 22.2 Å². The van der Waals surface area contributed by atoms with Crippen molar-refractivity contribution in [2.75, 3.05) is 6.54 Å². The van der Waals surface area contributed by atoms with Gasteiger partial charge in [-0.3, -0.25) is 9.59 Å². The van der Waals surface area contributed by atoms with Gasteiger partial charge in [-0.1, -0.05) is 23.2 Å². The number of hydrogen-bond donors (Lipinski definition) is 3. The van der Waals surface area contributed by atoms with Crippen molar-refractivity contribution in [2.45, 2.75) is 6.54 Å². The fourth-order valence-corrected chi connectivity index (χ4v) is 2.12. The summed E-state index contributed by atoms with van der Waals surface area (Å²) in [6.07, 6.45) is 0. The van der Waals surface area contributed by atoms with Crippen molar-refractivity contribution in [3.05, 3.63) is 56.1 Å². The van der Waals surface area contributed by atoms with Crippen molar-refractivity contribution in [3.8, 4) is 11.8 Å². The largest absolute Gasteiger partial charge is 0.346 e. The molecule has 1 heterocycles. The van der Waals surface area contributed by atoms with Crippen molar-refractivity contribution >= 4 is 17.2 Å². The summed E-state index contributed by atoms with van der Waals surface area (Å²) in [6, 6.07) is 6.94. The molecule has 0 aliphatic rings. The van der Waals surface area contributed by atoms with Gasteiger partial charge in [-0.25, -0.2) is 0 Å². The molecule has 2 aromatic rings. The molecule has 1 aromatic carbocycles. The molecule has 6 heteroatoms. The van der Waals surface area contributed by atoms with Crippen LogP contribution in [0, 0.1) is 11.8 Å². The second-order valence-electron chi connectivity index (χ2n) is 3.94. The van der Waals surface area contributed by atoms with E-state index in [-0.39, 0.29) is 10.8 Å². The van der Waals surface area contributed by atoms with E-state index >= 15 is 0 Å². The van der Waals surface area contributed by atoms with Crippen molar-refractivity contribution in [2.24, 2.45) is 5.73 Å². The molecule has 0 saturated heterocycles. The maximum Gasteiger partial charge on any atom is 0.304 e. The molecule has 0 aliphatic heterocycles. The Kier molecular flexibility index (Phi) is 4.71. The quantitative estimate of drug-likeness (QED) is 0.725. The Morgan fingerprint density at radius 1 is 1.35 bits per heavy atom. The Morgan fingerprint density at radius 3 is 2.70 bits per heavy atom. The summed E-state index contributed by atoms with van der Waals surface area (Å²) in [7, 11) is 0. The predicted molar refractivity (Wildman–Crippen MR) is 78.5 cm³/mol. The molecular formula is C14H13N3O2S. The number of hydrogen-bond acceptors (Lipinski definition) is 4. The van der Waals surface area contributed by atoms with E-state index in [0.29, 0.717) is 24.3 Å². The first-order valence-corrected chi connectivity index (χ1v) is 6.81. The number of aromatic amines is 1. The summed E-state index contributed by atoms with van der Waals surface area (Å²) in [6.45, 7) is 0.605. The smallest absolute Gasteiger partial charge is 0.304 e. The number of amides is 1. The van der Waals surface area contributed by atoms with Crippen LogP contribution in [0.25, 0.3) is 0 Å². The third-order valence-corrected chi connectivity index (χ3v) is 3.21. The van der Waals surface area contributed by atoms with E-state index in [1.807, 2.05) is 0 Å². The Balaban J connectivity index is 1.97. The predicted octanol–water partition coefficient (Wildman–Crippen LogP) is 0.677. The van der Waals surface area contributed by atoms with E-state index in [2.05, 4.69) is 22.1 Å². The Hall–Kier alpha value is -2.36. The van der Waals surface area contributed by atoms with Crippen molar-refractivity contribution in [3.63, 3.8) is 0 Å². The standard InChI is InChI=1S/C14H13N3O2S/c15-7-1-2-10-3-5-11(6-4-10)13(18)16-8-12-9-20-14(19)17-12/h3-6,9H,7-8,15H2,(H,16,18)(H,17,19). The van der Waals surface area contributed by atoms with Gasteiger partial charge in [-0.15, -0.1) is 0 Å². The lowest BCUT2D eigenvalue weighted by atomic mass is 10.1. The first-order valence-electron chi connectivity index (χ1n) is 5.93. The van der Waals surface area contributed by atoms with Crippen LogP contribution in [-0.2, 0) is 6.54 Å². The van der Waals surface area contributed by atoms with E-state index < -0.39 is 0 Å². The zero-order valence-electron chi connectivity index (χ0n) is 10.6. The van der Waals surface area contributed by atoms with Crippen LogP contribution in [0.5, 0.6) is 0 Å². The highest BCUT2D eigenvalue weighted by Crippen LogP contribution is 2.04. The first kappa shape index (κ1) is 14.1. The van der Waals surface area contributed by atoms with Crippen molar-refractivity contribution in [1.82, 2.24) is 10.3 Å². The summed E-state index contributed by atoms with van der Waals surface area (Å²) in [4.78, 5) is 25.4. The molecule has 0 aliphatic carbocycles. The Morgan fingerprint density at radius 2 is 2.10 bits per heavy atom. The molecule has 0 saturated carbocycles. The van der Waals surface area contributed by atoms with Crippen LogP contribution in [0.15, 0.2) is 34.4 Å². The minimum atomic E-state index is -0.199. The number of aromatic nitrogens is 1. The molecule has 0 spiro atoms. The van der Waals surface area contributed by atoms with Crippen LogP contribution in [-0.4, -0.2) is 17.4 Å². The van der Waals surface area contributed by atoms with E-state index in [1.165, 1.54) is 0 Å². The second-order valence-corrected chi connectivity index (χ2v) is 4.78. The third kappa shape index (κ3) is 3.82. The summed E-state index contributed by atoms with van der Waals surface area (Å²) in [5.74, 6) is 5.43. The van der Waals surface area contributed by atoms with Crippen molar-refractivity contribution in [1.29, 1.82) is 0 Å². The van der Waals surface area contributed by atoms with Crippen LogP contribution >= 0.6 is 11.3 Å². The molecule has 5 nitrogen and oxygen atoms in total. The molecular weight excluding hydrogens is 274 g/mol. The van der Waals surface area contributed by atoms with E-state index in [1.54, 1.807) is 29.6 Å². The maximum atomic E-state index is 11.9. The van der Waals surface area contributed by atoms with Crippen LogP contribution in [0.3, 0.4) is 0 Å². The lowest BCUT2D eigenvalue weighted by Crippen LogP contribution is -2.23. The number of rotatable bonds is 3. The number of carbonyl (C=O) groups is 1. The minimum Gasteiger partial charge on any atom is -0.346 e. The van der Waals surface area contributed by atoms with Gasteiger partial charge in [0.25, 0.3) is 5.91 Å². The molecule has 0 radical (unpaired) electrons. The number of benzene rings is 1. The topological polar surface area (TPSA) is 88.0 Å². The van der Waals surface area contributed by atoms with Crippen LogP contribution in [0.4, 0.5) is 0 Å². The minimum absolute atomic E-state index is 0.128. The molecule has 2 rings (SSSR count). The molecule has 0 unspecified atom stereocenters. The molecule has 1 aromatic heterocycles. The van der Waals surface area contributed by atoms with Crippen LogP contribution in [0.1, 0.15) is 21.6 Å². The zero-order valence-corrected chi connectivity index (χ0v) is 11.4. The van der Waals surface area contributed by atoms with Crippen LogP contribution in [0.2, 0.25) is 0 Å². The monoisotopic (exact) mass is 287 g/mol. The van der Waals surface area contributed by atoms with Gasteiger partial charge in [0.15, 0.2) is 0 Å². The molecule has 0 atom stereocenters. The van der Waals surface area contributed by atoms with Gasteiger partial charge in [0.1, 0.15) is 0 Å². The highest BCUT2D eigenvalue weighted by Gasteiger charge is 2.05. The third-order valence-electron chi connectivity index (χ3n) is 2.49. The molecule has 4 N–H and O–H groups in total. The van der Waals surface area contributed by atoms with Gasteiger partial charge < -0.3 is 16.0 Å². The Labute approximate surface area is 119 Å². The average Bonchev–Trinajstić information content (AvgIpc) is 2.89. The number of H-pyrrole nitrogens is 1. The summed E-state index contributed by atoms with van der Waals surface area (Å²) in [5.41, 5.74) is 7.34. The second kappa shape index (κ2) is 6.70. The van der Waals surface area contributed by atoms with Crippen molar-refractivity contribution < 1.29 is 4.79 Å². The molecule has 102 valence electrons. The van der Waals surface area contributed by atoms with Gasteiger partial charge in [0.05, 0.1) is 13.1 Å². The maximum absolute atomic E-state index is 11.9. The van der Waals surface area contributed by atoms with Gasteiger partial charge in [-0.05, 0) is 24.3 Å². The summed E-state index contributed by atoms with van der Waals surface area (Å²) < 4.78 is 0. The average molecular weight is 287 g/mol. The van der Waals surface area contributed by atoms with E-state index in [4.69, 9.17) is 5.73 Å². The SMILES string of the molecule is NCC#Cc1ccc(C(=O)NCc2csc(=O)[nH]2)cc1. The van der Waals surface area contributed by atoms with Gasteiger partial charge in [0.2, 0.25) is 0 Å². The lowest BCUT2D eigenvalue weighted by Gasteiger charge is -2.03. The fourth-order valence-electron chi connectivity index (χ4n) is 1.54. The number of nitrogens with two attached hydrogens (primary N) is 1. The molecule has 20 heavy (non-hydrogen) atoms. The lowest BCUT2D eigenvalue weighted by molar-refractivity contribution is 0.0950. The Bertz CT molecular complexity index is 704. The van der Waals surface area contributed by atoms with Crippen LogP contribution < -0.4 is 15.9 Å². The summed E-state index contributed by atoms with van der Waals surface area (Å²) in [5, 5.41) is 4.42. The van der Waals surface area contributed by atoms with Gasteiger partial charge in [-0.2, -0.15) is 0 Å². The normalized spacial score (nSPS) is 9.65. The van der Waals surface area contributed by atoms with E-state index in [0.717, 1.165) is 16.9 Å². The van der Waals surface area contributed by atoms with Gasteiger partial charge >= 0.3 is 4.87 Å². The highest BCUT2D eigenvalue weighted by molar-refractivity contribution is 7.07.